The molecule has 0 atom stereocenters. The molecule has 2 aliphatic heterocycles. The Kier molecular flexibility index (Phi) is 5.91. The zero-order chi connectivity index (χ0) is 19.3. The number of carbonyl (C=O) groups is 1. The first-order valence-electron chi connectivity index (χ1n) is 10.5. The molecule has 0 bridgehead atoms. The molecular formula is C23H30N4O. The van der Waals surface area contributed by atoms with Crippen LogP contribution in [0.15, 0.2) is 48.7 Å². The standard InChI is InChI=1S/C23H30N4O/c1-19-9-11-26(12-10-19)21-7-8-22(24-17-21)23(28)27-15-13-25(14-16-27)18-20-5-3-2-4-6-20/h2-8,17,19H,9-16,18H2,1H3. The summed E-state index contributed by atoms with van der Waals surface area (Å²) in [4.78, 5) is 24.0. The molecule has 2 aliphatic rings. The van der Waals surface area contributed by atoms with E-state index in [-0.39, 0.29) is 5.91 Å². The number of pyridine rings is 1. The Balaban J connectivity index is 1.30. The molecule has 0 unspecified atom stereocenters. The van der Waals surface area contributed by atoms with Gasteiger partial charge in [0.1, 0.15) is 5.69 Å². The van der Waals surface area contributed by atoms with Gasteiger partial charge in [-0.15, -0.1) is 0 Å². The van der Waals surface area contributed by atoms with Crippen molar-refractivity contribution in [2.24, 2.45) is 5.92 Å². The molecule has 1 aromatic carbocycles. The molecule has 2 fully saturated rings. The average Bonchev–Trinajstić information content (AvgIpc) is 2.75. The van der Waals surface area contributed by atoms with E-state index in [0.717, 1.165) is 57.4 Å². The molecule has 5 heteroatoms. The molecule has 0 spiro atoms. The van der Waals surface area contributed by atoms with Crippen LogP contribution in [0.4, 0.5) is 5.69 Å². The first kappa shape index (κ1) is 18.9. The lowest BCUT2D eigenvalue weighted by Gasteiger charge is -2.34. The van der Waals surface area contributed by atoms with Crippen LogP contribution in [0.3, 0.4) is 0 Å². The second kappa shape index (κ2) is 8.74. The topological polar surface area (TPSA) is 39.7 Å². The zero-order valence-electron chi connectivity index (χ0n) is 16.8. The summed E-state index contributed by atoms with van der Waals surface area (Å²) in [5, 5.41) is 0. The van der Waals surface area contributed by atoms with Crippen LogP contribution in [0.5, 0.6) is 0 Å². The van der Waals surface area contributed by atoms with Crippen molar-refractivity contribution in [3.05, 3.63) is 59.9 Å². The molecule has 28 heavy (non-hydrogen) atoms. The molecule has 1 aromatic heterocycles. The summed E-state index contributed by atoms with van der Waals surface area (Å²) in [5.74, 6) is 0.865. The number of hydrogen-bond donors (Lipinski definition) is 0. The monoisotopic (exact) mass is 378 g/mol. The molecule has 5 nitrogen and oxygen atoms in total. The molecule has 0 N–H and O–H groups in total. The Hall–Kier alpha value is -2.40. The van der Waals surface area contributed by atoms with Crippen molar-refractivity contribution in [2.45, 2.75) is 26.3 Å². The van der Waals surface area contributed by atoms with Crippen LogP contribution in [-0.2, 0) is 6.54 Å². The molecule has 0 radical (unpaired) electrons. The molecule has 4 rings (SSSR count). The van der Waals surface area contributed by atoms with Gasteiger partial charge in [0.05, 0.1) is 11.9 Å². The van der Waals surface area contributed by atoms with Gasteiger partial charge >= 0.3 is 0 Å². The average molecular weight is 379 g/mol. The van der Waals surface area contributed by atoms with Gasteiger partial charge < -0.3 is 9.80 Å². The lowest BCUT2D eigenvalue weighted by atomic mass is 9.99. The number of hydrogen-bond acceptors (Lipinski definition) is 4. The molecule has 0 aliphatic carbocycles. The smallest absolute Gasteiger partial charge is 0.272 e. The highest BCUT2D eigenvalue weighted by Crippen LogP contribution is 2.22. The van der Waals surface area contributed by atoms with E-state index >= 15 is 0 Å². The quantitative estimate of drug-likeness (QED) is 0.819. The van der Waals surface area contributed by atoms with E-state index in [1.165, 1.54) is 18.4 Å². The van der Waals surface area contributed by atoms with Crippen molar-refractivity contribution < 1.29 is 4.79 Å². The van der Waals surface area contributed by atoms with E-state index in [1.54, 1.807) is 0 Å². The minimum Gasteiger partial charge on any atom is -0.370 e. The Labute approximate surface area is 168 Å². The Morgan fingerprint density at radius 2 is 1.68 bits per heavy atom. The molecule has 0 saturated carbocycles. The SMILES string of the molecule is CC1CCN(c2ccc(C(=O)N3CCN(Cc4ccccc4)CC3)nc2)CC1. The van der Waals surface area contributed by atoms with Crippen molar-refractivity contribution in [2.75, 3.05) is 44.2 Å². The van der Waals surface area contributed by atoms with Crippen molar-refractivity contribution in [3.63, 3.8) is 0 Å². The highest BCUT2D eigenvalue weighted by Gasteiger charge is 2.23. The molecule has 2 saturated heterocycles. The van der Waals surface area contributed by atoms with Gasteiger partial charge in [0.2, 0.25) is 0 Å². The number of nitrogens with zero attached hydrogens (tertiary/aromatic N) is 4. The highest BCUT2D eigenvalue weighted by molar-refractivity contribution is 5.92. The molecular weight excluding hydrogens is 348 g/mol. The summed E-state index contributed by atoms with van der Waals surface area (Å²) >= 11 is 0. The van der Waals surface area contributed by atoms with Crippen LogP contribution in [0.2, 0.25) is 0 Å². The van der Waals surface area contributed by atoms with Gasteiger partial charge in [-0.2, -0.15) is 0 Å². The number of benzene rings is 1. The van der Waals surface area contributed by atoms with Gasteiger partial charge in [-0.25, -0.2) is 4.98 Å². The summed E-state index contributed by atoms with van der Waals surface area (Å²) in [5.41, 5.74) is 3.02. The first-order valence-corrected chi connectivity index (χ1v) is 10.5. The van der Waals surface area contributed by atoms with Crippen molar-refractivity contribution in [1.29, 1.82) is 0 Å². The zero-order valence-corrected chi connectivity index (χ0v) is 16.8. The van der Waals surface area contributed by atoms with Gasteiger partial charge in [-0.1, -0.05) is 37.3 Å². The number of carbonyl (C=O) groups excluding carboxylic acids is 1. The van der Waals surface area contributed by atoms with E-state index < -0.39 is 0 Å². The largest absolute Gasteiger partial charge is 0.370 e. The summed E-state index contributed by atoms with van der Waals surface area (Å²) in [6, 6.07) is 14.5. The highest BCUT2D eigenvalue weighted by atomic mass is 16.2. The Morgan fingerprint density at radius 3 is 2.32 bits per heavy atom. The van der Waals surface area contributed by atoms with Crippen molar-refractivity contribution >= 4 is 11.6 Å². The van der Waals surface area contributed by atoms with Crippen LogP contribution in [-0.4, -0.2) is 60.0 Å². The Morgan fingerprint density at radius 1 is 0.964 bits per heavy atom. The van der Waals surface area contributed by atoms with Gasteiger partial charge in [-0.3, -0.25) is 9.69 Å². The van der Waals surface area contributed by atoms with Gasteiger partial charge in [-0.05, 0) is 36.5 Å². The normalized spacial score (nSPS) is 19.0. The molecule has 148 valence electrons. The number of anilines is 1. The van der Waals surface area contributed by atoms with E-state index in [1.807, 2.05) is 23.2 Å². The van der Waals surface area contributed by atoms with Gasteiger partial charge in [0, 0.05) is 45.8 Å². The maximum Gasteiger partial charge on any atom is 0.272 e. The van der Waals surface area contributed by atoms with Crippen LogP contribution < -0.4 is 4.90 Å². The molecule has 1 amide bonds. The van der Waals surface area contributed by atoms with Gasteiger partial charge in [0.25, 0.3) is 5.91 Å². The van der Waals surface area contributed by atoms with Crippen LogP contribution in [0.25, 0.3) is 0 Å². The molecule has 3 heterocycles. The second-order valence-corrected chi connectivity index (χ2v) is 8.13. The fourth-order valence-corrected chi connectivity index (χ4v) is 4.08. The number of amides is 1. The van der Waals surface area contributed by atoms with E-state index in [2.05, 4.69) is 52.0 Å². The minimum atomic E-state index is 0.0539. The summed E-state index contributed by atoms with van der Waals surface area (Å²) in [6.45, 7) is 8.77. The number of rotatable bonds is 4. The van der Waals surface area contributed by atoms with E-state index in [9.17, 15) is 4.79 Å². The maximum absolute atomic E-state index is 12.8. The minimum absolute atomic E-state index is 0.0539. The van der Waals surface area contributed by atoms with Gasteiger partial charge in [0.15, 0.2) is 0 Å². The fraction of sp³-hybridized carbons (Fsp3) is 0.478. The van der Waals surface area contributed by atoms with E-state index in [4.69, 9.17) is 0 Å². The lowest BCUT2D eigenvalue weighted by molar-refractivity contribution is 0.0623. The Bertz CT molecular complexity index is 761. The van der Waals surface area contributed by atoms with Crippen LogP contribution in [0, 0.1) is 5.92 Å². The lowest BCUT2D eigenvalue weighted by Crippen LogP contribution is -2.48. The van der Waals surface area contributed by atoms with E-state index in [0.29, 0.717) is 5.69 Å². The number of piperazine rings is 1. The summed E-state index contributed by atoms with van der Waals surface area (Å²) in [7, 11) is 0. The third kappa shape index (κ3) is 4.53. The maximum atomic E-state index is 12.8. The van der Waals surface area contributed by atoms with Crippen molar-refractivity contribution in [3.8, 4) is 0 Å². The first-order chi connectivity index (χ1) is 13.7. The summed E-state index contributed by atoms with van der Waals surface area (Å²) < 4.78 is 0. The third-order valence-corrected chi connectivity index (χ3v) is 6.02. The fourth-order valence-electron chi connectivity index (χ4n) is 4.08. The molecule has 2 aromatic rings. The third-order valence-electron chi connectivity index (χ3n) is 6.02. The predicted molar refractivity (Wildman–Crippen MR) is 112 cm³/mol. The number of aromatic nitrogens is 1. The van der Waals surface area contributed by atoms with Crippen LogP contribution >= 0.6 is 0 Å². The van der Waals surface area contributed by atoms with Crippen LogP contribution in [0.1, 0.15) is 35.8 Å². The number of piperidine rings is 1. The second-order valence-electron chi connectivity index (χ2n) is 8.13. The van der Waals surface area contributed by atoms with Crippen molar-refractivity contribution in [1.82, 2.24) is 14.8 Å². The predicted octanol–water partition coefficient (Wildman–Crippen LogP) is 3.28. The summed E-state index contributed by atoms with van der Waals surface area (Å²) in [6.07, 6.45) is 4.33.